The molecule has 2 aromatic carbocycles. The van der Waals surface area contributed by atoms with Crippen LogP contribution in [0.4, 0.5) is 0 Å². The van der Waals surface area contributed by atoms with Crippen molar-refractivity contribution in [3.8, 4) is 0 Å². The third kappa shape index (κ3) is 4.20. The summed E-state index contributed by atoms with van der Waals surface area (Å²) in [5, 5.41) is 0.697. The number of aromatic nitrogens is 4. The Morgan fingerprint density at radius 1 is 1.08 bits per heavy atom. The molecule has 192 valence electrons. The fourth-order valence-electron chi connectivity index (χ4n) is 4.56. The standard InChI is InChI=1S/C28H24ClN5O4/c1-15-31-23-20(12-13-30-26(23)29)34(15)14-16-8-10-17(11-9-16)25(35)22-21-18(28(37)38-4)6-5-7-19(21)32-24(22)27(36)33(2)3/h5-13,32H,14H2,1-4H3. The summed E-state index contributed by atoms with van der Waals surface area (Å²) in [6, 6.07) is 13.9. The molecular weight excluding hydrogens is 506 g/mol. The van der Waals surface area contributed by atoms with E-state index in [1.807, 2.05) is 29.7 Å². The quantitative estimate of drug-likeness (QED) is 0.195. The molecule has 3 aromatic heterocycles. The highest BCUT2D eigenvalue weighted by molar-refractivity contribution is 6.33. The molecule has 0 radical (unpaired) electrons. The summed E-state index contributed by atoms with van der Waals surface area (Å²) < 4.78 is 6.96. The number of hydrogen-bond acceptors (Lipinski definition) is 6. The van der Waals surface area contributed by atoms with Crippen LogP contribution in [-0.4, -0.2) is 63.3 Å². The lowest BCUT2D eigenvalue weighted by Crippen LogP contribution is -2.24. The van der Waals surface area contributed by atoms with Crippen molar-refractivity contribution in [3.63, 3.8) is 0 Å². The first-order valence-electron chi connectivity index (χ1n) is 11.8. The van der Waals surface area contributed by atoms with Gasteiger partial charge in [-0.25, -0.2) is 14.8 Å². The molecule has 0 unspecified atom stereocenters. The van der Waals surface area contributed by atoms with E-state index in [4.69, 9.17) is 16.3 Å². The topological polar surface area (TPSA) is 110 Å². The summed E-state index contributed by atoms with van der Waals surface area (Å²) >= 11 is 6.20. The Hall–Kier alpha value is -4.50. The largest absolute Gasteiger partial charge is 0.465 e. The Morgan fingerprint density at radius 3 is 2.50 bits per heavy atom. The zero-order valence-corrected chi connectivity index (χ0v) is 22.0. The molecule has 0 aliphatic carbocycles. The number of nitrogens with one attached hydrogen (secondary N) is 1. The molecular formula is C28H24ClN5O4. The second kappa shape index (κ2) is 9.75. The van der Waals surface area contributed by atoms with E-state index in [1.165, 1.54) is 12.0 Å². The average Bonchev–Trinajstić information content (AvgIpc) is 3.46. The van der Waals surface area contributed by atoms with Crippen LogP contribution >= 0.6 is 11.6 Å². The smallest absolute Gasteiger partial charge is 0.338 e. The number of benzene rings is 2. The van der Waals surface area contributed by atoms with E-state index in [9.17, 15) is 14.4 Å². The minimum Gasteiger partial charge on any atom is -0.465 e. The molecule has 5 rings (SSSR count). The number of hydrogen-bond donors (Lipinski definition) is 1. The van der Waals surface area contributed by atoms with Gasteiger partial charge in [0.05, 0.1) is 23.8 Å². The molecule has 10 heteroatoms. The average molecular weight is 530 g/mol. The van der Waals surface area contributed by atoms with Gasteiger partial charge in [0.2, 0.25) is 0 Å². The second-order valence-electron chi connectivity index (χ2n) is 9.03. The van der Waals surface area contributed by atoms with Crippen LogP contribution in [0.15, 0.2) is 54.7 Å². The number of aromatic amines is 1. The van der Waals surface area contributed by atoms with Gasteiger partial charge in [0.1, 0.15) is 17.0 Å². The van der Waals surface area contributed by atoms with E-state index in [-0.39, 0.29) is 28.5 Å². The van der Waals surface area contributed by atoms with Gasteiger partial charge < -0.3 is 19.2 Å². The van der Waals surface area contributed by atoms with Crippen LogP contribution in [0, 0.1) is 6.92 Å². The number of esters is 1. The maximum Gasteiger partial charge on any atom is 0.338 e. The number of rotatable bonds is 6. The number of nitrogens with zero attached hydrogens (tertiary/aromatic N) is 4. The van der Waals surface area contributed by atoms with Crippen molar-refractivity contribution in [3.05, 3.63) is 93.7 Å². The first-order chi connectivity index (χ1) is 18.2. The van der Waals surface area contributed by atoms with Gasteiger partial charge in [-0.1, -0.05) is 41.9 Å². The number of carbonyl (C=O) groups excluding carboxylic acids is 3. The maximum atomic E-state index is 13.8. The lowest BCUT2D eigenvalue weighted by Gasteiger charge is -2.12. The fourth-order valence-corrected chi connectivity index (χ4v) is 4.76. The number of pyridine rings is 1. The zero-order valence-electron chi connectivity index (χ0n) is 21.2. The highest BCUT2D eigenvalue weighted by Crippen LogP contribution is 2.30. The van der Waals surface area contributed by atoms with E-state index in [0.717, 1.165) is 16.9 Å². The second-order valence-corrected chi connectivity index (χ2v) is 9.39. The third-order valence-corrected chi connectivity index (χ3v) is 6.72. The van der Waals surface area contributed by atoms with Crippen molar-refractivity contribution in [2.75, 3.05) is 21.2 Å². The molecule has 1 amide bonds. The van der Waals surface area contributed by atoms with Gasteiger partial charge >= 0.3 is 5.97 Å². The molecule has 0 atom stereocenters. The first kappa shape index (κ1) is 25.2. The number of aryl methyl sites for hydroxylation is 1. The van der Waals surface area contributed by atoms with Gasteiger partial charge in [-0.2, -0.15) is 0 Å². The van der Waals surface area contributed by atoms with Gasteiger partial charge in [-0.15, -0.1) is 0 Å². The first-order valence-corrected chi connectivity index (χ1v) is 12.1. The Bertz CT molecular complexity index is 1730. The molecule has 5 aromatic rings. The number of H-pyrrole nitrogens is 1. The monoisotopic (exact) mass is 529 g/mol. The van der Waals surface area contributed by atoms with Crippen molar-refractivity contribution in [1.29, 1.82) is 0 Å². The number of fused-ring (bicyclic) bond motifs is 2. The van der Waals surface area contributed by atoms with E-state index in [2.05, 4.69) is 15.0 Å². The summed E-state index contributed by atoms with van der Waals surface area (Å²) in [7, 11) is 4.47. The summed E-state index contributed by atoms with van der Waals surface area (Å²) in [4.78, 5) is 52.4. The minimum absolute atomic E-state index is 0.112. The molecule has 9 nitrogen and oxygen atoms in total. The highest BCUT2D eigenvalue weighted by atomic mass is 35.5. The third-order valence-electron chi connectivity index (χ3n) is 6.45. The molecule has 0 saturated carbocycles. The summed E-state index contributed by atoms with van der Waals surface area (Å²) in [5.74, 6) is -0.573. The number of carbonyl (C=O) groups is 3. The number of imidazole rings is 1. The van der Waals surface area contributed by atoms with Crippen LogP contribution in [0.5, 0.6) is 0 Å². The van der Waals surface area contributed by atoms with E-state index >= 15 is 0 Å². The highest BCUT2D eigenvalue weighted by Gasteiger charge is 2.28. The molecule has 0 aliphatic rings. The van der Waals surface area contributed by atoms with Crippen molar-refractivity contribution < 1.29 is 19.1 Å². The zero-order chi connectivity index (χ0) is 27.1. The van der Waals surface area contributed by atoms with Crippen LogP contribution in [0.3, 0.4) is 0 Å². The molecule has 0 bridgehead atoms. The van der Waals surface area contributed by atoms with Crippen LogP contribution < -0.4 is 0 Å². The van der Waals surface area contributed by atoms with Crippen molar-refractivity contribution in [2.45, 2.75) is 13.5 Å². The van der Waals surface area contributed by atoms with Crippen LogP contribution in [0.25, 0.3) is 21.9 Å². The van der Waals surface area contributed by atoms with Crippen molar-refractivity contribution >= 4 is 51.2 Å². The van der Waals surface area contributed by atoms with Crippen LogP contribution in [0.2, 0.25) is 5.15 Å². The SMILES string of the molecule is COC(=O)c1cccc2[nH]c(C(=O)N(C)C)c(C(=O)c3ccc(Cn4c(C)nc5c(Cl)nccc54)cc3)c12. The molecule has 0 saturated heterocycles. The Balaban J connectivity index is 1.56. The Labute approximate surface area is 223 Å². The summed E-state index contributed by atoms with van der Waals surface area (Å²) in [6.07, 6.45) is 1.64. The summed E-state index contributed by atoms with van der Waals surface area (Å²) in [5.41, 5.74) is 3.76. The Kier molecular flexibility index (Phi) is 6.46. The molecule has 0 spiro atoms. The molecule has 0 aliphatic heterocycles. The number of ether oxygens (including phenoxy) is 1. The van der Waals surface area contributed by atoms with Crippen LogP contribution in [-0.2, 0) is 11.3 Å². The van der Waals surface area contributed by atoms with Gasteiger partial charge in [0, 0.05) is 43.3 Å². The van der Waals surface area contributed by atoms with E-state index in [1.54, 1.807) is 50.6 Å². The van der Waals surface area contributed by atoms with Gasteiger partial charge in [0.15, 0.2) is 10.9 Å². The maximum absolute atomic E-state index is 13.8. The van der Waals surface area contributed by atoms with E-state index in [0.29, 0.717) is 33.7 Å². The lowest BCUT2D eigenvalue weighted by molar-refractivity contribution is 0.0602. The number of halogens is 1. The van der Waals surface area contributed by atoms with Crippen LogP contribution in [0.1, 0.15) is 48.2 Å². The molecule has 1 N–H and O–H groups in total. The Morgan fingerprint density at radius 2 is 1.82 bits per heavy atom. The predicted octanol–water partition coefficient (Wildman–Crippen LogP) is 4.64. The van der Waals surface area contributed by atoms with Crippen molar-refractivity contribution in [1.82, 2.24) is 24.4 Å². The number of amides is 1. The van der Waals surface area contributed by atoms with E-state index < -0.39 is 5.97 Å². The predicted molar refractivity (Wildman–Crippen MR) is 144 cm³/mol. The normalized spacial score (nSPS) is 11.2. The van der Waals surface area contributed by atoms with Crippen molar-refractivity contribution in [2.24, 2.45) is 0 Å². The number of ketones is 1. The molecule has 38 heavy (non-hydrogen) atoms. The van der Waals surface area contributed by atoms with Gasteiger partial charge in [-0.3, -0.25) is 9.59 Å². The minimum atomic E-state index is -0.596. The van der Waals surface area contributed by atoms with Gasteiger partial charge in [-0.05, 0) is 30.7 Å². The number of methoxy groups -OCH3 is 1. The molecule has 3 heterocycles. The summed E-state index contributed by atoms with van der Waals surface area (Å²) in [6.45, 7) is 2.41. The fraction of sp³-hybridized carbons (Fsp3) is 0.179. The lowest BCUT2D eigenvalue weighted by atomic mass is 9.96. The van der Waals surface area contributed by atoms with Gasteiger partial charge in [0.25, 0.3) is 5.91 Å². The molecule has 0 fully saturated rings.